The Morgan fingerprint density at radius 3 is 2.48 bits per heavy atom. The van der Waals surface area contributed by atoms with Crippen molar-refractivity contribution < 1.29 is 14.3 Å². The second-order valence-electron chi connectivity index (χ2n) is 5.38. The second kappa shape index (κ2) is 6.58. The molecule has 0 aliphatic rings. The number of allylic oxidation sites excluding steroid dienone is 1. The first-order chi connectivity index (χ1) is 10.8. The van der Waals surface area contributed by atoms with Crippen LogP contribution in [-0.2, 0) is 4.74 Å². The summed E-state index contributed by atoms with van der Waals surface area (Å²) in [4.78, 5) is 24.5. The molecule has 0 fully saturated rings. The number of hydrogen-bond donors (Lipinski definition) is 0. The fraction of sp³-hybridized carbons (Fsp3) is 0.294. The molecule has 0 atom stereocenters. The zero-order chi connectivity index (χ0) is 17.3. The van der Waals surface area contributed by atoms with E-state index in [9.17, 15) is 9.59 Å². The van der Waals surface area contributed by atoms with E-state index in [0.29, 0.717) is 21.1 Å². The molecule has 1 aromatic carbocycles. The minimum absolute atomic E-state index is 0.0288. The molecule has 0 aliphatic heterocycles. The molecule has 0 unspecified atom stereocenters. The third-order valence-corrected chi connectivity index (χ3v) is 4.28. The van der Waals surface area contributed by atoms with E-state index in [2.05, 4.69) is 22.5 Å². The van der Waals surface area contributed by atoms with Crippen LogP contribution in [0.15, 0.2) is 34.2 Å². The highest BCUT2D eigenvalue weighted by Gasteiger charge is 2.19. The first-order valence-corrected chi connectivity index (χ1v) is 7.81. The van der Waals surface area contributed by atoms with Gasteiger partial charge in [-0.05, 0) is 27.9 Å². The van der Waals surface area contributed by atoms with Crippen molar-refractivity contribution in [2.45, 2.75) is 13.8 Å². The van der Waals surface area contributed by atoms with Crippen LogP contribution in [0.5, 0.6) is 5.75 Å². The van der Waals surface area contributed by atoms with Gasteiger partial charge >= 0.3 is 5.97 Å². The number of benzene rings is 1. The van der Waals surface area contributed by atoms with Crippen molar-refractivity contribution in [1.82, 2.24) is 4.57 Å². The van der Waals surface area contributed by atoms with Gasteiger partial charge < -0.3 is 14.0 Å². The molecule has 0 spiro atoms. The molecule has 0 bridgehead atoms. The Hall–Kier alpha value is -2.08. The van der Waals surface area contributed by atoms with Crippen LogP contribution >= 0.6 is 15.9 Å². The first kappa shape index (κ1) is 17.3. The summed E-state index contributed by atoms with van der Waals surface area (Å²) in [6, 6.07) is 3.39. The molecule has 5 nitrogen and oxygen atoms in total. The average molecular weight is 380 g/mol. The summed E-state index contributed by atoms with van der Waals surface area (Å²) in [6.45, 7) is 8.04. The van der Waals surface area contributed by atoms with Crippen molar-refractivity contribution in [2.24, 2.45) is 5.92 Å². The van der Waals surface area contributed by atoms with Gasteiger partial charge in [-0.3, -0.25) is 4.79 Å². The molecular formula is C17H18BrNO4. The summed E-state index contributed by atoms with van der Waals surface area (Å²) in [5, 5.41) is 0.391. The van der Waals surface area contributed by atoms with Crippen LogP contribution in [0.25, 0.3) is 16.6 Å². The van der Waals surface area contributed by atoms with Crippen LogP contribution in [0.1, 0.15) is 24.2 Å². The van der Waals surface area contributed by atoms with Crippen LogP contribution in [0.4, 0.5) is 0 Å². The van der Waals surface area contributed by atoms with Gasteiger partial charge in [0.15, 0.2) is 0 Å². The van der Waals surface area contributed by atoms with Gasteiger partial charge in [0, 0.05) is 23.3 Å². The number of pyridine rings is 1. The quantitative estimate of drug-likeness (QED) is 0.760. The minimum atomic E-state index is -0.672. The summed E-state index contributed by atoms with van der Waals surface area (Å²) in [5.74, 6) is 0.0445. The summed E-state index contributed by atoms with van der Waals surface area (Å²) in [5.41, 5.74) is 0.966. The number of aromatic nitrogens is 1. The van der Waals surface area contributed by atoms with Crippen molar-refractivity contribution in [3.63, 3.8) is 0 Å². The summed E-state index contributed by atoms with van der Waals surface area (Å²) in [7, 11) is 2.80. The average Bonchev–Trinajstić information content (AvgIpc) is 2.53. The summed E-state index contributed by atoms with van der Waals surface area (Å²) in [6.07, 6.45) is 1.48. The molecule has 0 saturated heterocycles. The van der Waals surface area contributed by atoms with E-state index in [1.54, 1.807) is 23.8 Å². The second-order valence-corrected chi connectivity index (χ2v) is 6.24. The third-order valence-electron chi connectivity index (χ3n) is 3.66. The number of hydrogen-bond acceptors (Lipinski definition) is 4. The van der Waals surface area contributed by atoms with Crippen LogP contribution in [0.2, 0.25) is 0 Å². The number of esters is 1. The van der Waals surface area contributed by atoms with Crippen molar-refractivity contribution in [1.29, 1.82) is 0 Å². The van der Waals surface area contributed by atoms with Gasteiger partial charge in [0.05, 0.1) is 24.2 Å². The van der Waals surface area contributed by atoms with E-state index in [4.69, 9.17) is 9.47 Å². The number of fused-ring (bicyclic) bond motifs is 1. The van der Waals surface area contributed by atoms with Crippen LogP contribution in [-0.4, -0.2) is 24.8 Å². The molecule has 0 radical (unpaired) electrons. The lowest BCUT2D eigenvalue weighted by molar-refractivity contribution is 0.0599. The van der Waals surface area contributed by atoms with Gasteiger partial charge in [0.1, 0.15) is 11.3 Å². The Morgan fingerprint density at radius 2 is 1.96 bits per heavy atom. The number of rotatable bonds is 4. The predicted molar refractivity (Wildman–Crippen MR) is 94.0 cm³/mol. The largest absolute Gasteiger partial charge is 0.495 e. The zero-order valence-electron chi connectivity index (χ0n) is 13.5. The van der Waals surface area contributed by atoms with Crippen molar-refractivity contribution in [2.75, 3.05) is 14.2 Å². The maximum absolute atomic E-state index is 12.6. The summed E-state index contributed by atoms with van der Waals surface area (Å²) >= 11 is 3.37. The zero-order valence-corrected chi connectivity index (χ0v) is 15.1. The van der Waals surface area contributed by atoms with Gasteiger partial charge in [-0.15, -0.1) is 0 Å². The predicted octanol–water partition coefficient (Wildman–Crippen LogP) is 3.69. The molecule has 2 rings (SSSR count). The number of halogens is 1. The smallest absolute Gasteiger partial charge is 0.343 e. The molecule has 2 aromatic rings. The minimum Gasteiger partial charge on any atom is -0.495 e. The lowest BCUT2D eigenvalue weighted by Crippen LogP contribution is -2.20. The molecule has 0 saturated carbocycles. The molecular weight excluding hydrogens is 362 g/mol. The number of ether oxygens (including phenoxy) is 2. The monoisotopic (exact) mass is 379 g/mol. The van der Waals surface area contributed by atoms with E-state index >= 15 is 0 Å². The highest BCUT2D eigenvalue weighted by molar-refractivity contribution is 9.10. The number of methoxy groups -OCH3 is 2. The van der Waals surface area contributed by atoms with Gasteiger partial charge in [-0.1, -0.05) is 20.4 Å². The summed E-state index contributed by atoms with van der Waals surface area (Å²) < 4.78 is 12.4. The lowest BCUT2D eigenvalue weighted by atomic mass is 10.1. The SMILES string of the molecule is C=C(C(C)C)n1cc(C(=O)OC)c(=O)c2cc(Br)c(OC)cc21. The molecule has 1 heterocycles. The Bertz CT molecular complexity index is 852. The first-order valence-electron chi connectivity index (χ1n) is 7.02. The lowest BCUT2D eigenvalue weighted by Gasteiger charge is -2.18. The number of nitrogens with zero attached hydrogens (tertiary/aromatic N) is 1. The van der Waals surface area contributed by atoms with E-state index in [0.717, 1.165) is 5.70 Å². The van der Waals surface area contributed by atoms with E-state index in [-0.39, 0.29) is 16.9 Å². The number of carbonyl (C=O) groups excluding carboxylic acids is 1. The molecule has 122 valence electrons. The van der Waals surface area contributed by atoms with Crippen LogP contribution < -0.4 is 10.2 Å². The fourth-order valence-electron chi connectivity index (χ4n) is 2.25. The topological polar surface area (TPSA) is 57.5 Å². The third kappa shape index (κ3) is 3.03. The van der Waals surface area contributed by atoms with Crippen molar-refractivity contribution >= 4 is 38.5 Å². The maximum Gasteiger partial charge on any atom is 0.343 e. The Labute approximate surface area is 142 Å². The molecule has 23 heavy (non-hydrogen) atoms. The molecule has 1 aromatic heterocycles. The van der Waals surface area contributed by atoms with Crippen LogP contribution in [0, 0.1) is 5.92 Å². The van der Waals surface area contributed by atoms with Crippen molar-refractivity contribution in [3.8, 4) is 5.75 Å². The van der Waals surface area contributed by atoms with Gasteiger partial charge in [0.25, 0.3) is 0 Å². The van der Waals surface area contributed by atoms with E-state index in [1.807, 2.05) is 13.8 Å². The molecule has 0 aliphatic carbocycles. The molecule has 0 amide bonds. The van der Waals surface area contributed by atoms with Crippen molar-refractivity contribution in [3.05, 3.63) is 45.2 Å². The van der Waals surface area contributed by atoms with Crippen LogP contribution in [0.3, 0.4) is 0 Å². The van der Waals surface area contributed by atoms with E-state index in [1.165, 1.54) is 13.3 Å². The molecule has 0 N–H and O–H groups in total. The Kier molecular flexibility index (Phi) is 4.94. The fourth-order valence-corrected chi connectivity index (χ4v) is 2.76. The highest BCUT2D eigenvalue weighted by Crippen LogP contribution is 2.31. The standard InChI is InChI=1S/C17H18BrNO4/c1-9(2)10(3)19-8-12(17(21)23-5)16(20)11-6-13(18)15(22-4)7-14(11)19/h6-9H,3H2,1-2,4-5H3. The van der Waals surface area contributed by atoms with E-state index < -0.39 is 5.97 Å². The molecule has 6 heteroatoms. The highest BCUT2D eigenvalue weighted by atomic mass is 79.9. The maximum atomic E-state index is 12.6. The van der Waals surface area contributed by atoms with Gasteiger partial charge in [-0.25, -0.2) is 4.79 Å². The van der Waals surface area contributed by atoms with Gasteiger partial charge in [-0.2, -0.15) is 0 Å². The number of carbonyl (C=O) groups is 1. The Balaban J connectivity index is 2.95. The normalized spacial score (nSPS) is 10.9. The van der Waals surface area contributed by atoms with Gasteiger partial charge in [0.2, 0.25) is 5.43 Å². The Morgan fingerprint density at radius 1 is 1.30 bits per heavy atom.